The van der Waals surface area contributed by atoms with Gasteiger partial charge < -0.3 is 5.11 Å². The fourth-order valence-corrected chi connectivity index (χ4v) is 6.20. The van der Waals surface area contributed by atoms with Gasteiger partial charge in [-0.1, -0.05) is 72.8 Å². The third-order valence-electron chi connectivity index (χ3n) is 5.78. The first-order valence-electron chi connectivity index (χ1n) is 10.1. The maximum atomic E-state index is 12.7. The van der Waals surface area contributed by atoms with E-state index in [4.69, 9.17) is 0 Å². The van der Waals surface area contributed by atoms with Gasteiger partial charge in [-0.15, -0.1) is 0 Å². The summed E-state index contributed by atoms with van der Waals surface area (Å²) in [6.07, 6.45) is 1.14. The fraction of sp³-hybridized carbons (Fsp3) is 0.240. The molecule has 1 N–H and O–H groups in total. The highest BCUT2D eigenvalue weighted by atomic mass is 32.2. The maximum Gasteiger partial charge on any atom is 0.157 e. The van der Waals surface area contributed by atoms with Crippen molar-refractivity contribution in [1.29, 1.82) is 5.26 Å². The second kappa shape index (κ2) is 8.27. The van der Waals surface area contributed by atoms with Crippen LogP contribution in [0.4, 0.5) is 0 Å². The number of rotatable bonds is 6. The Kier molecular flexibility index (Phi) is 5.67. The predicted octanol–water partition coefficient (Wildman–Crippen LogP) is 3.48. The van der Waals surface area contributed by atoms with Crippen molar-refractivity contribution in [1.82, 2.24) is 4.90 Å². The van der Waals surface area contributed by atoms with E-state index in [-0.39, 0.29) is 19.1 Å². The van der Waals surface area contributed by atoms with Crippen LogP contribution in [0, 0.1) is 11.3 Å². The lowest BCUT2D eigenvalue weighted by atomic mass is 9.82. The zero-order chi connectivity index (χ0) is 22.1. The Morgan fingerprint density at radius 3 is 1.90 bits per heavy atom. The molecule has 1 heterocycles. The van der Waals surface area contributed by atoms with Gasteiger partial charge in [0.15, 0.2) is 9.84 Å². The molecule has 0 spiro atoms. The Balaban J connectivity index is 1.68. The van der Waals surface area contributed by atoms with Crippen LogP contribution in [0.5, 0.6) is 0 Å². The van der Waals surface area contributed by atoms with Gasteiger partial charge >= 0.3 is 0 Å². The number of nitrogens with zero attached hydrogens (tertiary/aromatic N) is 2. The zero-order valence-corrected chi connectivity index (χ0v) is 18.0. The van der Waals surface area contributed by atoms with E-state index in [9.17, 15) is 18.8 Å². The molecule has 3 aromatic rings. The predicted molar refractivity (Wildman–Crippen MR) is 120 cm³/mol. The average molecular weight is 433 g/mol. The molecule has 1 saturated heterocycles. The first-order valence-corrected chi connectivity index (χ1v) is 12.0. The van der Waals surface area contributed by atoms with Gasteiger partial charge in [0.2, 0.25) is 0 Å². The normalized spacial score (nSPS) is 17.0. The molecule has 0 amide bonds. The first kappa shape index (κ1) is 21.3. The molecule has 1 aliphatic heterocycles. The monoisotopic (exact) mass is 432 g/mol. The summed E-state index contributed by atoms with van der Waals surface area (Å²) in [5.74, 6) is 0. The molecule has 5 nitrogen and oxygen atoms in total. The van der Waals surface area contributed by atoms with Crippen molar-refractivity contribution in [3.8, 4) is 6.07 Å². The molecule has 0 radical (unpaired) electrons. The molecule has 6 heteroatoms. The van der Waals surface area contributed by atoms with E-state index >= 15 is 0 Å². The molecule has 0 saturated carbocycles. The molecule has 1 fully saturated rings. The zero-order valence-electron chi connectivity index (χ0n) is 17.2. The number of hydrogen-bond donors (Lipinski definition) is 1. The summed E-state index contributed by atoms with van der Waals surface area (Å²) in [6, 6.07) is 28.4. The molecule has 0 aromatic heterocycles. The minimum atomic E-state index is -3.63. The van der Waals surface area contributed by atoms with Gasteiger partial charge in [0.25, 0.3) is 0 Å². The van der Waals surface area contributed by atoms with Crippen molar-refractivity contribution < 1.29 is 13.5 Å². The molecule has 1 atom stereocenters. The van der Waals surface area contributed by atoms with Crippen LogP contribution in [-0.4, -0.2) is 43.4 Å². The smallest absolute Gasteiger partial charge is 0.157 e. The number of β-amino-alcohol motifs (C(OH)–C–C–N with tert-alkyl or cyclic N) is 1. The van der Waals surface area contributed by atoms with Crippen molar-refractivity contribution in [3.05, 3.63) is 107 Å². The van der Waals surface area contributed by atoms with Crippen molar-refractivity contribution >= 4 is 9.84 Å². The standard InChI is InChI=1S/C25H24N2O3S/c1-31(29,30)24(22-14-8-9-19(15-22)16-26)25(28)17-27(18-25)23(20-10-4-2-5-11-20)21-12-6-3-7-13-21/h2-15,23-24,28H,17-18H2,1H3. The molecule has 0 bridgehead atoms. The molecular formula is C25H24N2O3S. The van der Waals surface area contributed by atoms with Gasteiger partial charge in [-0.05, 0) is 28.8 Å². The fourth-order valence-electron chi connectivity index (χ4n) is 4.62. The van der Waals surface area contributed by atoms with Gasteiger partial charge in [0, 0.05) is 19.3 Å². The summed E-state index contributed by atoms with van der Waals surface area (Å²) in [6.45, 7) is 0.409. The maximum absolute atomic E-state index is 12.7. The van der Waals surface area contributed by atoms with Gasteiger partial charge in [-0.3, -0.25) is 4.90 Å². The summed E-state index contributed by atoms with van der Waals surface area (Å²) in [5.41, 5.74) is 1.54. The highest BCUT2D eigenvalue weighted by Gasteiger charge is 2.54. The van der Waals surface area contributed by atoms with E-state index in [0.717, 1.165) is 17.4 Å². The third kappa shape index (κ3) is 4.26. The van der Waals surface area contributed by atoms with Gasteiger partial charge in [-0.2, -0.15) is 5.26 Å². The number of hydrogen-bond acceptors (Lipinski definition) is 5. The van der Waals surface area contributed by atoms with Crippen molar-refractivity contribution in [2.75, 3.05) is 19.3 Å². The van der Waals surface area contributed by atoms with E-state index in [1.807, 2.05) is 66.7 Å². The molecule has 31 heavy (non-hydrogen) atoms. The number of aliphatic hydroxyl groups is 1. The Morgan fingerprint density at radius 2 is 1.42 bits per heavy atom. The molecule has 3 aromatic carbocycles. The first-order chi connectivity index (χ1) is 14.8. The van der Waals surface area contributed by atoms with Crippen LogP contribution in [0.25, 0.3) is 0 Å². The van der Waals surface area contributed by atoms with Crippen LogP contribution in [0.15, 0.2) is 84.9 Å². The summed E-state index contributed by atoms with van der Waals surface area (Å²) in [5, 5.41) is 19.5. The number of benzene rings is 3. The van der Waals surface area contributed by atoms with E-state index in [1.165, 1.54) is 0 Å². The largest absolute Gasteiger partial charge is 0.385 e. The SMILES string of the molecule is CS(=O)(=O)C(c1cccc(C#N)c1)C1(O)CN(C(c2ccccc2)c2ccccc2)C1. The highest BCUT2D eigenvalue weighted by molar-refractivity contribution is 7.91. The Labute approximate surface area is 183 Å². The van der Waals surface area contributed by atoms with Gasteiger partial charge in [-0.25, -0.2) is 8.42 Å². The lowest BCUT2D eigenvalue weighted by Gasteiger charge is -2.53. The van der Waals surface area contributed by atoms with E-state index in [2.05, 4.69) is 4.90 Å². The van der Waals surface area contributed by atoms with Crippen LogP contribution >= 0.6 is 0 Å². The highest BCUT2D eigenvalue weighted by Crippen LogP contribution is 2.44. The second-order valence-electron chi connectivity index (χ2n) is 8.18. The van der Waals surface area contributed by atoms with E-state index in [1.54, 1.807) is 24.3 Å². The molecular weight excluding hydrogens is 408 g/mol. The number of likely N-dealkylation sites (tertiary alicyclic amines) is 1. The van der Waals surface area contributed by atoms with Crippen LogP contribution in [0.1, 0.15) is 33.5 Å². The summed E-state index contributed by atoms with van der Waals surface area (Å²) < 4.78 is 25.5. The lowest BCUT2D eigenvalue weighted by Crippen LogP contribution is -2.66. The van der Waals surface area contributed by atoms with Crippen LogP contribution in [-0.2, 0) is 9.84 Å². The summed E-state index contributed by atoms with van der Waals surface area (Å²) >= 11 is 0. The summed E-state index contributed by atoms with van der Waals surface area (Å²) in [4.78, 5) is 2.09. The Hall–Kier alpha value is -2.98. The summed E-state index contributed by atoms with van der Waals surface area (Å²) in [7, 11) is -3.63. The van der Waals surface area contributed by atoms with Crippen LogP contribution in [0.3, 0.4) is 0 Å². The van der Waals surface area contributed by atoms with Gasteiger partial charge in [0.05, 0.1) is 17.7 Å². The molecule has 1 unspecified atom stereocenters. The second-order valence-corrected chi connectivity index (χ2v) is 10.3. The quantitative estimate of drug-likeness (QED) is 0.645. The van der Waals surface area contributed by atoms with Crippen molar-refractivity contribution in [2.24, 2.45) is 0 Å². The lowest BCUT2D eigenvalue weighted by molar-refractivity contribution is -0.112. The molecule has 158 valence electrons. The Morgan fingerprint density at radius 1 is 0.903 bits per heavy atom. The van der Waals surface area contributed by atoms with Crippen LogP contribution in [0.2, 0.25) is 0 Å². The average Bonchev–Trinajstić information content (AvgIpc) is 2.73. The van der Waals surface area contributed by atoms with E-state index < -0.39 is 20.7 Å². The molecule has 4 rings (SSSR count). The molecule has 0 aliphatic carbocycles. The number of sulfone groups is 1. The topological polar surface area (TPSA) is 81.4 Å². The minimum absolute atomic E-state index is 0.0895. The van der Waals surface area contributed by atoms with Crippen LogP contribution < -0.4 is 0 Å². The van der Waals surface area contributed by atoms with Crippen molar-refractivity contribution in [3.63, 3.8) is 0 Å². The third-order valence-corrected chi connectivity index (χ3v) is 7.35. The molecule has 1 aliphatic rings. The van der Waals surface area contributed by atoms with E-state index in [0.29, 0.717) is 11.1 Å². The number of nitriles is 1. The van der Waals surface area contributed by atoms with Gasteiger partial charge in [0.1, 0.15) is 10.9 Å². The minimum Gasteiger partial charge on any atom is -0.385 e. The Bertz CT molecular complexity index is 1160. The van der Waals surface area contributed by atoms with Crippen molar-refractivity contribution in [2.45, 2.75) is 16.9 Å².